The highest BCUT2D eigenvalue weighted by Crippen LogP contribution is 2.46. The Morgan fingerprint density at radius 1 is 0.377 bits per heavy atom. The Bertz CT molecular complexity index is 1350. The average molecular weight is 914 g/mol. The molecule has 320 valence electrons. The van der Waals surface area contributed by atoms with Crippen LogP contribution in [0.5, 0.6) is 0 Å². The molecule has 0 aliphatic rings. The van der Waals surface area contributed by atoms with Gasteiger partial charge in [-0.05, 0) is 0 Å². The van der Waals surface area contributed by atoms with Gasteiger partial charge in [-0.3, -0.25) is 0 Å². The second-order valence-electron chi connectivity index (χ2n) is 9.06. The lowest BCUT2D eigenvalue weighted by Gasteiger charge is -2.48. The van der Waals surface area contributed by atoms with Gasteiger partial charge in [0.05, 0.1) is 66.1 Å². The topological polar surface area (TPSA) is 217 Å². The number of methoxy groups -OCH3 is 2. The summed E-state index contributed by atoms with van der Waals surface area (Å²) >= 11 is -9.51. The molecule has 35 heteroatoms. The van der Waals surface area contributed by atoms with E-state index in [-0.39, 0.29) is 26.4 Å². The molecule has 0 fully saturated rings. The van der Waals surface area contributed by atoms with Crippen molar-refractivity contribution in [1.29, 1.82) is 0 Å². The third-order valence-corrected chi connectivity index (χ3v) is 20.9. The van der Waals surface area contributed by atoms with Crippen molar-refractivity contribution in [3.63, 3.8) is 0 Å². The largest absolute Gasteiger partial charge is 0.754 e. The van der Waals surface area contributed by atoms with Gasteiger partial charge in [0.1, 0.15) is 0 Å². The number of alkyl halides is 12. The molecule has 0 aromatic rings. The Kier molecular flexibility index (Phi) is 20.1. The van der Waals surface area contributed by atoms with E-state index in [2.05, 4.69) is 26.5 Å². The molecule has 18 nitrogen and oxygen atoms in total. The van der Waals surface area contributed by atoms with Crippen LogP contribution in [0.25, 0.3) is 0 Å². The monoisotopic (exact) mass is 913 g/mol. The van der Waals surface area contributed by atoms with Crippen molar-refractivity contribution in [2.75, 3.05) is 93.5 Å². The maximum absolute atomic E-state index is 13.9. The normalized spacial score (nSPS) is 14.8. The second-order valence-corrected chi connectivity index (χ2v) is 21.2. The number of ether oxygens (including phenoxy) is 6. The Hall–Kier alpha value is -0.908. The van der Waals surface area contributed by atoms with E-state index in [9.17, 15) is 86.4 Å². The van der Waals surface area contributed by atoms with Crippen molar-refractivity contribution in [1.82, 2.24) is 5.39 Å². The zero-order valence-electron chi connectivity index (χ0n) is 26.7. The Labute approximate surface area is 297 Å². The van der Waals surface area contributed by atoms with Crippen molar-refractivity contribution in [3.05, 3.63) is 0 Å². The first-order chi connectivity index (χ1) is 23.9. The summed E-state index contributed by atoms with van der Waals surface area (Å²) in [5, 5.41) is 0. The van der Waals surface area contributed by atoms with Gasteiger partial charge in [-0.2, -0.15) is 52.7 Å². The first kappa shape index (κ1) is 52.1. The molecule has 0 bridgehead atoms. The fourth-order valence-corrected chi connectivity index (χ4v) is 19.0. The van der Waals surface area contributed by atoms with Crippen LogP contribution in [0.15, 0.2) is 0 Å². The molecule has 0 heterocycles. The fraction of sp³-hybridized carbons (Fsp3) is 1.00. The Morgan fingerprint density at radius 3 is 0.755 bits per heavy atom. The maximum Gasteiger partial charge on any atom is 0.754 e. The molecule has 0 saturated heterocycles. The maximum atomic E-state index is 13.9. The van der Waals surface area contributed by atoms with Gasteiger partial charge in [0, 0.05) is 27.4 Å². The fourth-order valence-electron chi connectivity index (χ4n) is 3.19. The van der Waals surface area contributed by atoms with E-state index in [4.69, 9.17) is 9.47 Å². The number of nitrogens with zero attached hydrogens (tertiary/aromatic N) is 2. The molecule has 0 radical (unpaired) electrons. The van der Waals surface area contributed by atoms with Crippen LogP contribution in [0.3, 0.4) is 0 Å². The van der Waals surface area contributed by atoms with Gasteiger partial charge in [0.25, 0.3) is 40.1 Å². The molecule has 0 aliphatic carbocycles. The highest BCUT2D eigenvalue weighted by Gasteiger charge is 2.79. The molecule has 0 spiro atoms. The third-order valence-electron chi connectivity index (χ3n) is 5.38. The van der Waals surface area contributed by atoms with Crippen molar-refractivity contribution >= 4 is 54.3 Å². The van der Waals surface area contributed by atoms with Gasteiger partial charge in [-0.15, -0.1) is 0 Å². The van der Waals surface area contributed by atoms with Crippen molar-refractivity contribution in [2.45, 2.75) is 22.0 Å². The van der Waals surface area contributed by atoms with Crippen LogP contribution in [0.1, 0.15) is 0 Å². The molecule has 0 aliphatic heterocycles. The molecule has 0 saturated carbocycles. The van der Waals surface area contributed by atoms with Crippen LogP contribution in [-0.2, 0) is 76.1 Å². The SMILES string of the molecule is COCCOCCOCC[O][Al-]([O]CCOCCOCCOC)([N](S(=O)(=O)C(F)(F)F)S(=O)(=O)C(F)(F)F)[N](S(=O)(=O)C(F)(F)F)S(=O)(=O)C(F)(F)F. The van der Waals surface area contributed by atoms with E-state index >= 15 is 0 Å². The summed E-state index contributed by atoms with van der Waals surface area (Å²) < 4.78 is 297. The first-order valence-electron chi connectivity index (χ1n) is 13.4. The van der Waals surface area contributed by atoms with Crippen molar-refractivity contribution in [3.8, 4) is 0 Å². The first-order valence-corrected chi connectivity index (χ1v) is 21.2. The molecule has 0 rings (SSSR count). The summed E-state index contributed by atoms with van der Waals surface area (Å²) in [7, 11) is -32.4. The molecular weight excluding hydrogens is 883 g/mol. The minimum absolute atomic E-state index is 0.0331. The van der Waals surface area contributed by atoms with Gasteiger partial charge in [0.15, 0.2) is 0 Å². The lowest BCUT2D eigenvalue weighted by atomic mass is 10.7. The predicted octanol–water partition coefficient (Wildman–Crippen LogP) is 0.817. The lowest BCUT2D eigenvalue weighted by molar-refractivity contribution is -0.0572. The molecular formula is C18H30AlF12N2O16S4-. The summed E-state index contributed by atoms with van der Waals surface area (Å²) in [6.07, 6.45) is 0. The summed E-state index contributed by atoms with van der Waals surface area (Å²) in [5.41, 5.74) is -30.1. The lowest BCUT2D eigenvalue weighted by Crippen LogP contribution is -2.78. The van der Waals surface area contributed by atoms with Gasteiger partial charge >= 0.3 is 36.2 Å². The third kappa shape index (κ3) is 13.6. The number of halogens is 12. The number of rotatable bonds is 26. The standard InChI is InChI=1S/2C7H15O4.2C2F6NO4S2.Al/c2*1-9-4-5-11-7-6-10-3-2-8;2*3-1(4,5)14(10,11)9-15(12,13)2(6,7)8;/h2*2-7H2,1H3;;;/q4*-1;+3. The van der Waals surface area contributed by atoms with Crippen LogP contribution in [0, 0.1) is 0 Å². The van der Waals surface area contributed by atoms with Crippen LogP contribution < -0.4 is 0 Å². The zero-order valence-corrected chi connectivity index (χ0v) is 31.1. The van der Waals surface area contributed by atoms with Crippen LogP contribution in [-0.4, -0.2) is 169 Å². The highest BCUT2D eigenvalue weighted by molar-refractivity contribution is 8.09. The summed E-state index contributed by atoms with van der Waals surface area (Å²) in [4.78, 5) is 0. The minimum atomic E-state index is -9.51. The van der Waals surface area contributed by atoms with Gasteiger partial charge < -0.3 is 36.0 Å². The molecule has 0 N–H and O–H groups in total. The van der Waals surface area contributed by atoms with Gasteiger partial charge in [-0.1, -0.05) is 0 Å². The van der Waals surface area contributed by atoms with Gasteiger partial charge in [-0.25, -0.2) is 39.1 Å². The molecule has 0 unspecified atom stereocenters. The summed E-state index contributed by atoms with van der Waals surface area (Å²) in [6.45, 7) is -10.1. The Balaban J connectivity index is 8.04. The van der Waals surface area contributed by atoms with E-state index in [0.29, 0.717) is 0 Å². The van der Waals surface area contributed by atoms with E-state index in [1.807, 2.05) is 0 Å². The number of hydrogen-bond donors (Lipinski definition) is 0. The predicted molar refractivity (Wildman–Crippen MR) is 148 cm³/mol. The number of sulfonamides is 4. The van der Waals surface area contributed by atoms with Crippen LogP contribution in [0.2, 0.25) is 0 Å². The van der Waals surface area contributed by atoms with Crippen LogP contribution >= 0.6 is 0 Å². The summed E-state index contributed by atoms with van der Waals surface area (Å²) in [5.74, 6) is 0. The molecule has 0 amide bonds. The zero-order chi connectivity index (χ0) is 41.8. The smallest absolute Gasteiger partial charge is 0.606 e. The molecule has 0 aromatic carbocycles. The van der Waals surface area contributed by atoms with Crippen LogP contribution in [0.4, 0.5) is 52.7 Å². The average Bonchev–Trinajstić information content (AvgIpc) is 2.96. The van der Waals surface area contributed by atoms with Crippen molar-refractivity contribution < 1.29 is 122 Å². The van der Waals surface area contributed by atoms with E-state index < -0.39 is 135 Å². The minimum Gasteiger partial charge on any atom is -0.606 e. The molecule has 0 atom stereocenters. The quantitative estimate of drug-likeness (QED) is 0.0667. The van der Waals surface area contributed by atoms with E-state index in [0.717, 1.165) is 0 Å². The summed E-state index contributed by atoms with van der Waals surface area (Å²) in [6, 6.07) is 0. The molecule has 0 aromatic heterocycles. The molecule has 53 heavy (non-hydrogen) atoms. The van der Waals surface area contributed by atoms with E-state index in [1.165, 1.54) is 14.2 Å². The van der Waals surface area contributed by atoms with E-state index in [1.54, 1.807) is 0 Å². The van der Waals surface area contributed by atoms with Gasteiger partial charge in [0.2, 0.25) is 0 Å². The highest BCUT2D eigenvalue weighted by atomic mass is 32.3. The second kappa shape index (κ2) is 20.5. The Morgan fingerprint density at radius 2 is 0.566 bits per heavy atom. The number of hydrogen-bond acceptors (Lipinski definition) is 16. The van der Waals surface area contributed by atoms with Crippen molar-refractivity contribution in [2.24, 2.45) is 0 Å².